The first kappa shape index (κ1) is 5.87. The van der Waals surface area contributed by atoms with Crippen LogP contribution >= 0.6 is 22.6 Å². The highest BCUT2D eigenvalue weighted by Crippen LogP contribution is 2.13. The van der Waals surface area contributed by atoms with E-state index in [4.69, 9.17) is 10.2 Å². The lowest BCUT2D eigenvalue weighted by molar-refractivity contribution is 0.497. The first-order valence-electron chi connectivity index (χ1n) is 2.08. The fraction of sp³-hybridized carbons (Fsp3) is 0.250. The summed E-state index contributed by atoms with van der Waals surface area (Å²) in [6, 6.07) is 0. The molecule has 2 N–H and O–H groups in total. The van der Waals surface area contributed by atoms with Crippen molar-refractivity contribution >= 4 is 28.4 Å². The SMILES string of the molecule is Cc1nc(N)c(I)o1. The molecule has 0 aliphatic carbocycles. The molecule has 1 rings (SSSR count). The van der Waals surface area contributed by atoms with Crippen molar-refractivity contribution in [1.82, 2.24) is 4.98 Å². The Morgan fingerprint density at radius 1 is 1.75 bits per heavy atom. The van der Waals surface area contributed by atoms with E-state index in [1.54, 1.807) is 6.92 Å². The second-order valence-electron chi connectivity index (χ2n) is 1.39. The molecule has 0 atom stereocenters. The molecule has 0 saturated carbocycles. The van der Waals surface area contributed by atoms with Crippen LogP contribution in [0.3, 0.4) is 0 Å². The van der Waals surface area contributed by atoms with Crippen LogP contribution in [0.5, 0.6) is 0 Å². The van der Waals surface area contributed by atoms with Gasteiger partial charge in [-0.1, -0.05) is 0 Å². The van der Waals surface area contributed by atoms with Gasteiger partial charge in [0.25, 0.3) is 0 Å². The number of nitrogens with two attached hydrogens (primary N) is 1. The van der Waals surface area contributed by atoms with Gasteiger partial charge in [-0.2, -0.15) is 4.98 Å². The molecule has 44 valence electrons. The van der Waals surface area contributed by atoms with E-state index in [9.17, 15) is 0 Å². The molecule has 0 bridgehead atoms. The number of nitrogens with zero attached hydrogens (tertiary/aromatic N) is 1. The number of aromatic nitrogens is 1. The Morgan fingerprint density at radius 3 is 2.50 bits per heavy atom. The molecule has 0 fully saturated rings. The molecule has 0 radical (unpaired) electrons. The minimum atomic E-state index is 0.475. The number of oxazole rings is 1. The van der Waals surface area contributed by atoms with Crippen molar-refractivity contribution in [2.75, 3.05) is 5.73 Å². The lowest BCUT2D eigenvalue weighted by atomic mass is 10.8. The maximum absolute atomic E-state index is 5.33. The lowest BCUT2D eigenvalue weighted by Crippen LogP contribution is -1.85. The summed E-state index contributed by atoms with van der Waals surface area (Å²) in [5.41, 5.74) is 5.33. The zero-order chi connectivity index (χ0) is 6.15. The summed E-state index contributed by atoms with van der Waals surface area (Å²) in [4.78, 5) is 3.81. The Bertz CT molecular complexity index is 176. The van der Waals surface area contributed by atoms with Crippen LogP contribution in [-0.2, 0) is 0 Å². The molecule has 3 nitrogen and oxygen atoms in total. The molecule has 8 heavy (non-hydrogen) atoms. The van der Waals surface area contributed by atoms with Gasteiger partial charge >= 0.3 is 0 Å². The molecule has 0 unspecified atom stereocenters. The summed E-state index contributed by atoms with van der Waals surface area (Å²) in [6.07, 6.45) is 0. The molecular formula is C4H5IN2O. The Balaban J connectivity index is 3.14. The first-order chi connectivity index (χ1) is 3.70. The monoisotopic (exact) mass is 224 g/mol. The number of nitrogen functional groups attached to an aromatic ring is 1. The van der Waals surface area contributed by atoms with Crippen molar-refractivity contribution in [1.29, 1.82) is 0 Å². The molecule has 0 spiro atoms. The maximum Gasteiger partial charge on any atom is 0.207 e. The van der Waals surface area contributed by atoms with Gasteiger partial charge in [0.15, 0.2) is 11.7 Å². The quantitative estimate of drug-likeness (QED) is 0.673. The zero-order valence-corrected chi connectivity index (χ0v) is 6.47. The highest BCUT2D eigenvalue weighted by atomic mass is 127. The van der Waals surface area contributed by atoms with Gasteiger partial charge in [-0.3, -0.25) is 0 Å². The van der Waals surface area contributed by atoms with Gasteiger partial charge in [-0.15, -0.1) is 0 Å². The van der Waals surface area contributed by atoms with Crippen LogP contribution in [0, 0.1) is 10.7 Å². The van der Waals surface area contributed by atoms with E-state index in [2.05, 4.69) is 4.98 Å². The third-order valence-electron chi connectivity index (χ3n) is 0.717. The summed E-state index contributed by atoms with van der Waals surface area (Å²) < 4.78 is 5.63. The number of hydrogen-bond acceptors (Lipinski definition) is 3. The molecule has 0 aromatic carbocycles. The van der Waals surface area contributed by atoms with Crippen LogP contribution in [0.25, 0.3) is 0 Å². The predicted molar refractivity (Wildman–Crippen MR) is 38.4 cm³/mol. The minimum absolute atomic E-state index is 0.475. The zero-order valence-electron chi connectivity index (χ0n) is 4.31. The van der Waals surface area contributed by atoms with Crippen molar-refractivity contribution in [3.63, 3.8) is 0 Å². The summed E-state index contributed by atoms with van der Waals surface area (Å²) in [7, 11) is 0. The fourth-order valence-electron chi connectivity index (χ4n) is 0.418. The lowest BCUT2D eigenvalue weighted by Gasteiger charge is -1.75. The average Bonchev–Trinajstić information content (AvgIpc) is 1.85. The van der Waals surface area contributed by atoms with E-state index in [1.807, 2.05) is 22.6 Å². The molecular weight excluding hydrogens is 219 g/mol. The first-order valence-corrected chi connectivity index (χ1v) is 3.16. The Labute approximate surface area is 60.4 Å². The topological polar surface area (TPSA) is 52.0 Å². The Hall–Kier alpha value is -0.260. The standard InChI is InChI=1S/C4H5IN2O/c1-2-7-4(6)3(5)8-2/h6H2,1H3. The average molecular weight is 224 g/mol. The highest BCUT2D eigenvalue weighted by molar-refractivity contribution is 14.1. The fourth-order valence-corrected chi connectivity index (χ4v) is 0.858. The van der Waals surface area contributed by atoms with Gasteiger partial charge in [-0.05, 0) is 0 Å². The van der Waals surface area contributed by atoms with E-state index in [0.717, 1.165) is 0 Å². The molecule has 1 aromatic heterocycles. The number of anilines is 1. The number of halogens is 1. The van der Waals surface area contributed by atoms with Crippen molar-refractivity contribution in [3.05, 3.63) is 9.66 Å². The normalized spacial score (nSPS) is 9.75. The van der Waals surface area contributed by atoms with Crippen molar-refractivity contribution in [3.8, 4) is 0 Å². The smallest absolute Gasteiger partial charge is 0.207 e. The van der Waals surface area contributed by atoms with Gasteiger partial charge in [0, 0.05) is 29.5 Å². The predicted octanol–water partition coefficient (Wildman–Crippen LogP) is 1.17. The summed E-state index contributed by atoms with van der Waals surface area (Å²) in [5.74, 6) is 1.09. The van der Waals surface area contributed by atoms with Crippen LogP contribution in [-0.4, -0.2) is 4.98 Å². The summed E-state index contributed by atoms with van der Waals surface area (Å²) in [6.45, 7) is 1.76. The van der Waals surface area contributed by atoms with Gasteiger partial charge in [0.05, 0.1) is 0 Å². The summed E-state index contributed by atoms with van der Waals surface area (Å²) >= 11 is 1.99. The second-order valence-corrected chi connectivity index (χ2v) is 2.37. The van der Waals surface area contributed by atoms with Gasteiger partial charge in [-0.25, -0.2) is 0 Å². The van der Waals surface area contributed by atoms with Crippen LogP contribution in [0.4, 0.5) is 5.82 Å². The third-order valence-corrected chi connectivity index (χ3v) is 1.49. The molecule has 1 heterocycles. The van der Waals surface area contributed by atoms with Gasteiger partial charge in [0.1, 0.15) is 0 Å². The molecule has 0 aliphatic heterocycles. The third kappa shape index (κ3) is 0.936. The molecule has 0 aliphatic rings. The summed E-state index contributed by atoms with van der Waals surface area (Å²) in [5, 5.41) is 0. The number of aryl methyl sites for hydroxylation is 1. The number of hydrogen-bond donors (Lipinski definition) is 1. The Morgan fingerprint density at radius 2 is 2.38 bits per heavy atom. The van der Waals surface area contributed by atoms with Crippen molar-refractivity contribution in [2.45, 2.75) is 6.92 Å². The Kier molecular flexibility index (Phi) is 1.41. The van der Waals surface area contributed by atoms with E-state index in [-0.39, 0.29) is 0 Å². The van der Waals surface area contributed by atoms with E-state index >= 15 is 0 Å². The van der Waals surface area contributed by atoms with Crippen LogP contribution < -0.4 is 5.73 Å². The second kappa shape index (κ2) is 1.93. The van der Waals surface area contributed by atoms with Crippen LogP contribution in [0.15, 0.2) is 4.42 Å². The molecule has 4 heteroatoms. The molecule has 0 saturated heterocycles. The molecule has 0 amide bonds. The van der Waals surface area contributed by atoms with E-state index in [0.29, 0.717) is 15.5 Å². The minimum Gasteiger partial charge on any atom is -0.433 e. The van der Waals surface area contributed by atoms with Crippen molar-refractivity contribution < 1.29 is 4.42 Å². The highest BCUT2D eigenvalue weighted by Gasteiger charge is 2.00. The van der Waals surface area contributed by atoms with Gasteiger partial charge < -0.3 is 10.2 Å². The van der Waals surface area contributed by atoms with Gasteiger partial charge in [0.2, 0.25) is 3.77 Å². The van der Waals surface area contributed by atoms with Crippen molar-refractivity contribution in [2.24, 2.45) is 0 Å². The number of rotatable bonds is 0. The van der Waals surface area contributed by atoms with Crippen LogP contribution in [0.2, 0.25) is 0 Å². The van der Waals surface area contributed by atoms with E-state index in [1.165, 1.54) is 0 Å². The van der Waals surface area contributed by atoms with Crippen LogP contribution in [0.1, 0.15) is 5.89 Å². The maximum atomic E-state index is 5.33. The molecule has 1 aromatic rings. The largest absolute Gasteiger partial charge is 0.433 e. The van der Waals surface area contributed by atoms with E-state index < -0.39 is 0 Å².